The van der Waals surface area contributed by atoms with Crippen LogP contribution in [0.15, 0.2) is 0 Å². The van der Waals surface area contributed by atoms with Gasteiger partial charge in [-0.1, -0.05) is 26.2 Å². The number of hydrogen-bond donors (Lipinski definition) is 0. The van der Waals surface area contributed by atoms with E-state index in [0.717, 1.165) is 38.5 Å². The van der Waals surface area contributed by atoms with Gasteiger partial charge in [0, 0.05) is 12.8 Å². The molecule has 0 aliphatic carbocycles. The molecule has 94 valence electrons. The SMILES string of the molecule is CCCCOC(=O)CCCCCCC(=O)Cl. The van der Waals surface area contributed by atoms with E-state index in [1.54, 1.807) is 0 Å². The zero-order valence-electron chi connectivity index (χ0n) is 9.97. The molecular formula is C12H21ClO3. The Balaban J connectivity index is 3.18. The Labute approximate surface area is 102 Å². The molecule has 0 rings (SSSR count). The van der Waals surface area contributed by atoms with E-state index < -0.39 is 0 Å². The van der Waals surface area contributed by atoms with Gasteiger partial charge < -0.3 is 4.74 Å². The molecule has 0 aliphatic rings. The van der Waals surface area contributed by atoms with Crippen LogP contribution in [0.3, 0.4) is 0 Å². The first-order valence-electron chi connectivity index (χ1n) is 6.00. The van der Waals surface area contributed by atoms with E-state index in [9.17, 15) is 9.59 Å². The zero-order chi connectivity index (χ0) is 12.2. The van der Waals surface area contributed by atoms with E-state index in [1.807, 2.05) is 0 Å². The lowest BCUT2D eigenvalue weighted by Gasteiger charge is -2.03. The summed E-state index contributed by atoms with van der Waals surface area (Å²) in [5.41, 5.74) is 0. The van der Waals surface area contributed by atoms with Crippen LogP contribution in [-0.4, -0.2) is 17.8 Å². The van der Waals surface area contributed by atoms with Crippen LogP contribution in [0.1, 0.15) is 58.3 Å². The topological polar surface area (TPSA) is 43.4 Å². The second-order valence-corrected chi connectivity index (χ2v) is 4.26. The lowest BCUT2D eigenvalue weighted by atomic mass is 10.1. The Morgan fingerprint density at radius 1 is 1.00 bits per heavy atom. The first-order valence-corrected chi connectivity index (χ1v) is 6.38. The molecule has 0 radical (unpaired) electrons. The maximum Gasteiger partial charge on any atom is 0.305 e. The lowest BCUT2D eigenvalue weighted by molar-refractivity contribution is -0.143. The number of carbonyl (C=O) groups excluding carboxylic acids is 2. The van der Waals surface area contributed by atoms with Gasteiger partial charge in [-0.3, -0.25) is 9.59 Å². The van der Waals surface area contributed by atoms with Crippen molar-refractivity contribution >= 4 is 22.8 Å². The van der Waals surface area contributed by atoms with Crippen LogP contribution >= 0.6 is 11.6 Å². The number of carbonyl (C=O) groups is 2. The molecule has 0 aromatic carbocycles. The predicted molar refractivity (Wildman–Crippen MR) is 64.4 cm³/mol. The van der Waals surface area contributed by atoms with E-state index in [0.29, 0.717) is 19.4 Å². The summed E-state index contributed by atoms with van der Waals surface area (Å²) in [4.78, 5) is 21.6. The molecule has 4 heteroatoms. The van der Waals surface area contributed by atoms with Crippen molar-refractivity contribution in [3.05, 3.63) is 0 Å². The molecule has 0 aliphatic heterocycles. The molecule has 3 nitrogen and oxygen atoms in total. The normalized spacial score (nSPS) is 10.1. The highest BCUT2D eigenvalue weighted by molar-refractivity contribution is 6.63. The largest absolute Gasteiger partial charge is 0.466 e. The second kappa shape index (κ2) is 10.9. The number of halogens is 1. The van der Waals surface area contributed by atoms with Gasteiger partial charge in [0.25, 0.3) is 0 Å². The second-order valence-electron chi connectivity index (χ2n) is 3.84. The fourth-order valence-corrected chi connectivity index (χ4v) is 1.42. The summed E-state index contributed by atoms with van der Waals surface area (Å²) in [6, 6.07) is 0. The van der Waals surface area contributed by atoms with Gasteiger partial charge in [-0.15, -0.1) is 0 Å². The average Bonchev–Trinajstić information content (AvgIpc) is 2.23. The van der Waals surface area contributed by atoms with Gasteiger partial charge in [0.05, 0.1) is 6.61 Å². The third-order valence-corrected chi connectivity index (χ3v) is 2.45. The molecule has 0 spiro atoms. The molecule has 0 aromatic heterocycles. The molecule has 16 heavy (non-hydrogen) atoms. The molecule has 0 bridgehead atoms. The number of ether oxygens (including phenoxy) is 1. The van der Waals surface area contributed by atoms with Gasteiger partial charge in [0.15, 0.2) is 0 Å². The van der Waals surface area contributed by atoms with E-state index in [4.69, 9.17) is 16.3 Å². The van der Waals surface area contributed by atoms with Crippen molar-refractivity contribution in [1.82, 2.24) is 0 Å². The smallest absolute Gasteiger partial charge is 0.305 e. The molecule has 0 heterocycles. The van der Waals surface area contributed by atoms with Crippen LogP contribution in [0.25, 0.3) is 0 Å². The molecule has 0 saturated heterocycles. The minimum Gasteiger partial charge on any atom is -0.466 e. The molecule has 0 aromatic rings. The summed E-state index contributed by atoms with van der Waals surface area (Å²) in [5.74, 6) is -0.109. The maximum atomic E-state index is 11.2. The third-order valence-electron chi connectivity index (χ3n) is 2.27. The monoisotopic (exact) mass is 248 g/mol. The predicted octanol–water partition coefficient (Wildman–Crippen LogP) is 3.44. The summed E-state index contributed by atoms with van der Waals surface area (Å²) >= 11 is 5.20. The van der Waals surface area contributed by atoms with Crippen LogP contribution in [0.4, 0.5) is 0 Å². The van der Waals surface area contributed by atoms with E-state index >= 15 is 0 Å². The number of esters is 1. The van der Waals surface area contributed by atoms with E-state index in [1.165, 1.54) is 0 Å². The standard InChI is InChI=1S/C12H21ClO3/c1-2-3-10-16-12(15)9-7-5-4-6-8-11(13)14/h2-10H2,1H3. The van der Waals surface area contributed by atoms with Gasteiger partial charge in [-0.2, -0.15) is 0 Å². The van der Waals surface area contributed by atoms with Crippen molar-refractivity contribution in [2.24, 2.45) is 0 Å². The van der Waals surface area contributed by atoms with Crippen molar-refractivity contribution in [3.8, 4) is 0 Å². The van der Waals surface area contributed by atoms with Crippen LogP contribution in [-0.2, 0) is 14.3 Å². The van der Waals surface area contributed by atoms with Crippen LogP contribution < -0.4 is 0 Å². The van der Waals surface area contributed by atoms with E-state index in [2.05, 4.69) is 6.92 Å². The summed E-state index contributed by atoms with van der Waals surface area (Å²) in [5, 5.41) is -0.279. The minimum atomic E-state index is -0.279. The average molecular weight is 249 g/mol. The Hall–Kier alpha value is -0.570. The van der Waals surface area contributed by atoms with Gasteiger partial charge >= 0.3 is 5.97 Å². The van der Waals surface area contributed by atoms with Crippen LogP contribution in [0, 0.1) is 0 Å². The van der Waals surface area contributed by atoms with Gasteiger partial charge in [-0.25, -0.2) is 0 Å². The summed E-state index contributed by atoms with van der Waals surface area (Å²) in [7, 11) is 0. The molecule has 0 fully saturated rings. The molecule has 0 unspecified atom stereocenters. The highest BCUT2D eigenvalue weighted by atomic mass is 35.5. The summed E-state index contributed by atoms with van der Waals surface area (Å²) in [6.07, 6.45) is 6.44. The van der Waals surface area contributed by atoms with Gasteiger partial charge in [-0.05, 0) is 30.9 Å². The molecule has 0 N–H and O–H groups in total. The highest BCUT2D eigenvalue weighted by Crippen LogP contribution is 2.07. The van der Waals surface area contributed by atoms with Crippen molar-refractivity contribution in [1.29, 1.82) is 0 Å². The zero-order valence-corrected chi connectivity index (χ0v) is 10.7. The van der Waals surface area contributed by atoms with Crippen molar-refractivity contribution in [2.45, 2.75) is 58.3 Å². The van der Waals surface area contributed by atoms with Crippen LogP contribution in [0.5, 0.6) is 0 Å². The van der Waals surface area contributed by atoms with Crippen molar-refractivity contribution in [2.75, 3.05) is 6.61 Å². The Morgan fingerprint density at radius 2 is 1.62 bits per heavy atom. The van der Waals surface area contributed by atoms with E-state index in [-0.39, 0.29) is 11.2 Å². The minimum absolute atomic E-state index is 0.109. The van der Waals surface area contributed by atoms with Gasteiger partial charge in [0.2, 0.25) is 5.24 Å². The molecular weight excluding hydrogens is 228 g/mol. The van der Waals surface area contributed by atoms with Crippen LogP contribution in [0.2, 0.25) is 0 Å². The first kappa shape index (κ1) is 15.4. The highest BCUT2D eigenvalue weighted by Gasteiger charge is 2.02. The number of rotatable bonds is 10. The molecule has 0 atom stereocenters. The number of hydrogen-bond acceptors (Lipinski definition) is 3. The number of unbranched alkanes of at least 4 members (excludes halogenated alkanes) is 4. The fraction of sp³-hybridized carbons (Fsp3) is 0.833. The quantitative estimate of drug-likeness (QED) is 0.338. The van der Waals surface area contributed by atoms with Crippen molar-refractivity contribution < 1.29 is 14.3 Å². The maximum absolute atomic E-state index is 11.2. The Bertz CT molecular complexity index is 204. The summed E-state index contributed by atoms with van der Waals surface area (Å²) < 4.78 is 5.01. The van der Waals surface area contributed by atoms with Crippen molar-refractivity contribution in [3.63, 3.8) is 0 Å². The molecule has 0 saturated carbocycles. The Kier molecular flexibility index (Phi) is 10.5. The summed E-state index contributed by atoms with van der Waals surface area (Å²) in [6.45, 7) is 2.60. The third kappa shape index (κ3) is 11.5. The molecule has 0 amide bonds. The lowest BCUT2D eigenvalue weighted by Crippen LogP contribution is -2.05. The van der Waals surface area contributed by atoms with Gasteiger partial charge in [0.1, 0.15) is 0 Å². The fourth-order valence-electron chi connectivity index (χ4n) is 1.29. The first-order chi connectivity index (χ1) is 7.66. The Morgan fingerprint density at radius 3 is 2.19 bits per heavy atom.